The molecule has 0 fully saturated rings. The first kappa shape index (κ1) is 15.1. The smallest absolute Gasteiger partial charge is 0.416 e. The lowest BCUT2D eigenvalue weighted by Gasteiger charge is -2.14. The Morgan fingerprint density at radius 2 is 2.10 bits per heavy atom. The molecule has 1 aromatic heterocycles. The number of hydrogen-bond donors (Lipinski definition) is 2. The first-order chi connectivity index (χ1) is 9.88. The zero-order valence-corrected chi connectivity index (χ0v) is 10.7. The Hall–Kier alpha value is -2.28. The molecule has 2 N–H and O–H groups in total. The van der Waals surface area contributed by atoms with Crippen LogP contribution in [0, 0.1) is 0 Å². The van der Waals surface area contributed by atoms with Gasteiger partial charge in [0.1, 0.15) is 6.26 Å². The highest BCUT2D eigenvalue weighted by molar-refractivity contribution is 5.93. The number of alkyl halides is 3. The van der Waals surface area contributed by atoms with E-state index in [-0.39, 0.29) is 17.7 Å². The summed E-state index contributed by atoms with van der Waals surface area (Å²) in [6.45, 7) is -0.203. The van der Waals surface area contributed by atoms with Gasteiger partial charge in [-0.05, 0) is 23.8 Å². The van der Waals surface area contributed by atoms with Crippen molar-refractivity contribution in [3.8, 4) is 0 Å². The summed E-state index contributed by atoms with van der Waals surface area (Å²) in [6, 6.07) is 5.78. The lowest BCUT2D eigenvalue weighted by atomic mass is 10.1. The third-order valence-corrected chi connectivity index (χ3v) is 2.84. The topological polar surface area (TPSA) is 62.5 Å². The van der Waals surface area contributed by atoms with Crippen LogP contribution in [-0.4, -0.2) is 17.6 Å². The average Bonchev–Trinajstić information content (AvgIpc) is 2.98. The van der Waals surface area contributed by atoms with Gasteiger partial charge in [0, 0.05) is 6.54 Å². The lowest BCUT2D eigenvalue weighted by molar-refractivity contribution is -0.137. The number of carbonyl (C=O) groups is 1. The van der Waals surface area contributed by atoms with E-state index in [1.165, 1.54) is 30.7 Å². The molecule has 2 aromatic rings. The zero-order chi connectivity index (χ0) is 15.5. The SMILES string of the molecule is O=C(NCC(O)c1cccc(C(F)(F)F)c1)c1ccoc1. The van der Waals surface area contributed by atoms with Crippen molar-refractivity contribution in [3.63, 3.8) is 0 Å². The quantitative estimate of drug-likeness (QED) is 0.912. The van der Waals surface area contributed by atoms with Crippen LogP contribution in [-0.2, 0) is 6.18 Å². The maximum atomic E-state index is 12.6. The Labute approximate surface area is 118 Å². The van der Waals surface area contributed by atoms with Crippen molar-refractivity contribution < 1.29 is 27.5 Å². The maximum absolute atomic E-state index is 12.6. The molecule has 0 aliphatic carbocycles. The van der Waals surface area contributed by atoms with Gasteiger partial charge in [0.2, 0.25) is 0 Å². The van der Waals surface area contributed by atoms with Crippen LogP contribution in [0.3, 0.4) is 0 Å². The molecule has 21 heavy (non-hydrogen) atoms. The van der Waals surface area contributed by atoms with Gasteiger partial charge in [0.05, 0.1) is 23.5 Å². The van der Waals surface area contributed by atoms with E-state index in [1.54, 1.807) is 0 Å². The molecule has 1 heterocycles. The minimum absolute atomic E-state index is 0.0809. The molecule has 1 unspecified atom stereocenters. The summed E-state index contributed by atoms with van der Waals surface area (Å²) in [5, 5.41) is 12.3. The fourth-order valence-electron chi connectivity index (χ4n) is 1.73. The maximum Gasteiger partial charge on any atom is 0.416 e. The summed E-state index contributed by atoms with van der Waals surface area (Å²) >= 11 is 0. The van der Waals surface area contributed by atoms with Gasteiger partial charge in [-0.2, -0.15) is 13.2 Å². The number of rotatable bonds is 4. The van der Waals surface area contributed by atoms with Crippen molar-refractivity contribution >= 4 is 5.91 Å². The van der Waals surface area contributed by atoms with Crippen LogP contribution in [0.4, 0.5) is 13.2 Å². The minimum atomic E-state index is -4.48. The summed E-state index contributed by atoms with van der Waals surface area (Å²) in [6.07, 6.45) is -3.16. The Morgan fingerprint density at radius 1 is 1.33 bits per heavy atom. The van der Waals surface area contributed by atoms with Gasteiger partial charge < -0.3 is 14.8 Å². The summed E-state index contributed by atoms with van der Waals surface area (Å²) in [7, 11) is 0. The number of nitrogens with one attached hydrogen (secondary N) is 1. The fraction of sp³-hybridized carbons (Fsp3) is 0.214. The van der Waals surface area contributed by atoms with E-state index in [0.29, 0.717) is 0 Å². The number of aliphatic hydroxyl groups excluding tert-OH is 1. The third kappa shape index (κ3) is 3.85. The van der Waals surface area contributed by atoms with Crippen molar-refractivity contribution in [2.75, 3.05) is 6.54 Å². The molecular weight excluding hydrogens is 287 g/mol. The van der Waals surface area contributed by atoms with Gasteiger partial charge in [-0.3, -0.25) is 4.79 Å². The van der Waals surface area contributed by atoms with Crippen molar-refractivity contribution in [3.05, 3.63) is 59.5 Å². The summed E-state index contributed by atoms with van der Waals surface area (Å²) in [5.41, 5.74) is -0.497. The van der Waals surface area contributed by atoms with E-state index in [9.17, 15) is 23.1 Å². The number of amides is 1. The molecule has 4 nitrogen and oxygen atoms in total. The average molecular weight is 299 g/mol. The number of benzene rings is 1. The molecule has 0 saturated carbocycles. The molecule has 0 aliphatic rings. The van der Waals surface area contributed by atoms with Crippen LogP contribution in [0.25, 0.3) is 0 Å². The van der Waals surface area contributed by atoms with Crippen LogP contribution in [0.1, 0.15) is 27.6 Å². The number of hydrogen-bond acceptors (Lipinski definition) is 3. The van der Waals surface area contributed by atoms with E-state index in [2.05, 4.69) is 5.32 Å². The second kappa shape index (κ2) is 6.01. The van der Waals surface area contributed by atoms with Crippen molar-refractivity contribution in [2.45, 2.75) is 12.3 Å². The molecular formula is C14H12F3NO3. The third-order valence-electron chi connectivity index (χ3n) is 2.84. The summed E-state index contributed by atoms with van der Waals surface area (Å²) in [5.74, 6) is -0.477. The van der Waals surface area contributed by atoms with Crippen LogP contribution >= 0.6 is 0 Å². The predicted molar refractivity (Wildman–Crippen MR) is 67.4 cm³/mol. The molecule has 0 bridgehead atoms. The Morgan fingerprint density at radius 3 is 2.71 bits per heavy atom. The number of aliphatic hydroxyl groups is 1. The van der Waals surface area contributed by atoms with Gasteiger partial charge in [0.25, 0.3) is 5.91 Å². The molecule has 0 radical (unpaired) electrons. The van der Waals surface area contributed by atoms with Gasteiger partial charge >= 0.3 is 6.18 Å². The van der Waals surface area contributed by atoms with Gasteiger partial charge in [0.15, 0.2) is 0 Å². The van der Waals surface area contributed by atoms with Crippen molar-refractivity contribution in [2.24, 2.45) is 0 Å². The summed E-state index contributed by atoms with van der Waals surface area (Å²) < 4.78 is 42.4. The molecule has 1 atom stereocenters. The number of furan rings is 1. The second-order valence-corrected chi connectivity index (χ2v) is 4.36. The molecule has 0 spiro atoms. The fourth-order valence-corrected chi connectivity index (χ4v) is 1.73. The van der Waals surface area contributed by atoms with Gasteiger partial charge in [-0.1, -0.05) is 12.1 Å². The first-order valence-corrected chi connectivity index (χ1v) is 6.03. The lowest BCUT2D eigenvalue weighted by Crippen LogP contribution is -2.28. The highest BCUT2D eigenvalue weighted by Crippen LogP contribution is 2.30. The van der Waals surface area contributed by atoms with Crippen molar-refractivity contribution in [1.82, 2.24) is 5.32 Å². The molecule has 112 valence electrons. The normalized spacial score (nSPS) is 13.0. The van der Waals surface area contributed by atoms with E-state index < -0.39 is 23.8 Å². The minimum Gasteiger partial charge on any atom is -0.472 e. The Bertz CT molecular complexity index is 608. The van der Waals surface area contributed by atoms with Gasteiger partial charge in [-0.25, -0.2) is 0 Å². The van der Waals surface area contributed by atoms with E-state index in [4.69, 9.17) is 4.42 Å². The van der Waals surface area contributed by atoms with E-state index in [1.807, 2.05) is 0 Å². The highest BCUT2D eigenvalue weighted by atomic mass is 19.4. The van der Waals surface area contributed by atoms with E-state index >= 15 is 0 Å². The molecule has 2 rings (SSSR count). The second-order valence-electron chi connectivity index (χ2n) is 4.36. The zero-order valence-electron chi connectivity index (χ0n) is 10.7. The van der Waals surface area contributed by atoms with Gasteiger partial charge in [-0.15, -0.1) is 0 Å². The van der Waals surface area contributed by atoms with Crippen LogP contribution in [0.2, 0.25) is 0 Å². The Kier molecular flexibility index (Phi) is 4.32. The van der Waals surface area contributed by atoms with Crippen LogP contribution < -0.4 is 5.32 Å². The predicted octanol–water partition coefficient (Wildman–Crippen LogP) is 2.76. The molecule has 1 aromatic carbocycles. The Balaban J connectivity index is 2.00. The largest absolute Gasteiger partial charge is 0.472 e. The first-order valence-electron chi connectivity index (χ1n) is 6.03. The standard InChI is InChI=1S/C14H12F3NO3/c15-14(16,17)11-3-1-2-9(6-11)12(19)7-18-13(20)10-4-5-21-8-10/h1-6,8,12,19H,7H2,(H,18,20). The number of carbonyl (C=O) groups excluding carboxylic acids is 1. The van der Waals surface area contributed by atoms with Crippen molar-refractivity contribution in [1.29, 1.82) is 0 Å². The monoisotopic (exact) mass is 299 g/mol. The van der Waals surface area contributed by atoms with Crippen LogP contribution in [0.15, 0.2) is 47.3 Å². The highest BCUT2D eigenvalue weighted by Gasteiger charge is 2.30. The molecule has 7 heteroatoms. The molecule has 1 amide bonds. The van der Waals surface area contributed by atoms with Crippen LogP contribution in [0.5, 0.6) is 0 Å². The molecule has 0 saturated heterocycles. The molecule has 0 aliphatic heterocycles. The summed E-state index contributed by atoms with van der Waals surface area (Å²) in [4.78, 5) is 11.6. The number of halogens is 3. The van der Waals surface area contributed by atoms with E-state index in [0.717, 1.165) is 12.1 Å².